The van der Waals surface area contributed by atoms with E-state index in [1.807, 2.05) is 41.0 Å². The van der Waals surface area contributed by atoms with E-state index in [4.69, 9.17) is 0 Å². The lowest BCUT2D eigenvalue weighted by Crippen LogP contribution is -2.20. The van der Waals surface area contributed by atoms with Crippen molar-refractivity contribution in [2.45, 2.75) is 32.6 Å². The number of rotatable bonds is 8. The highest BCUT2D eigenvalue weighted by Crippen LogP contribution is 2.17. The van der Waals surface area contributed by atoms with Crippen LogP contribution in [0.1, 0.15) is 32.6 Å². The summed E-state index contributed by atoms with van der Waals surface area (Å²) in [5, 5.41) is 5.61. The van der Waals surface area contributed by atoms with Crippen LogP contribution in [0.5, 0.6) is 0 Å². The number of anilines is 1. The van der Waals surface area contributed by atoms with E-state index in [1.165, 1.54) is 6.92 Å². The van der Waals surface area contributed by atoms with Gasteiger partial charge in [-0.3, -0.25) is 14.2 Å². The van der Waals surface area contributed by atoms with Crippen molar-refractivity contribution >= 4 is 28.5 Å². The van der Waals surface area contributed by atoms with Gasteiger partial charge in [-0.15, -0.1) is 0 Å². The molecule has 140 valence electrons. The number of amides is 2. The number of aromatic nitrogens is 3. The van der Waals surface area contributed by atoms with Crippen LogP contribution in [0.2, 0.25) is 0 Å². The molecule has 0 aliphatic heterocycles. The van der Waals surface area contributed by atoms with E-state index in [-0.39, 0.29) is 11.8 Å². The fourth-order valence-electron chi connectivity index (χ4n) is 2.82. The third-order valence-corrected chi connectivity index (χ3v) is 4.19. The minimum absolute atomic E-state index is 0.0209. The minimum Gasteiger partial charge on any atom is -0.356 e. The maximum absolute atomic E-state index is 12.0. The summed E-state index contributed by atoms with van der Waals surface area (Å²) in [6, 6.07) is 11.6. The van der Waals surface area contributed by atoms with E-state index in [1.54, 1.807) is 12.5 Å². The average molecular weight is 365 g/mol. The lowest BCUT2D eigenvalue weighted by Gasteiger charge is -2.07. The normalized spacial score (nSPS) is 10.7. The quantitative estimate of drug-likeness (QED) is 0.601. The Balaban J connectivity index is 1.49. The zero-order valence-electron chi connectivity index (χ0n) is 15.3. The molecule has 7 nitrogen and oxygen atoms in total. The third-order valence-electron chi connectivity index (χ3n) is 4.19. The van der Waals surface area contributed by atoms with Crippen molar-refractivity contribution in [3.63, 3.8) is 0 Å². The molecule has 2 amide bonds. The first-order valence-corrected chi connectivity index (χ1v) is 9.06. The van der Waals surface area contributed by atoms with Crippen molar-refractivity contribution in [3.8, 4) is 5.82 Å². The third kappa shape index (κ3) is 5.13. The van der Waals surface area contributed by atoms with Crippen LogP contribution in [0, 0.1) is 0 Å². The standard InChI is InChI=1S/C20H23N5O2/c1-15(26)21-12-6-2-3-9-20(27)24-16-10-11-19(22-13-16)25-14-23-17-7-4-5-8-18(17)25/h4-5,7-8,10-11,13-14H,2-3,6,9,12H2,1H3,(H,21,26)(H,24,27). The Hall–Kier alpha value is -3.22. The van der Waals surface area contributed by atoms with Gasteiger partial charge in [0.2, 0.25) is 11.8 Å². The van der Waals surface area contributed by atoms with Gasteiger partial charge in [-0.2, -0.15) is 0 Å². The number of carbonyl (C=O) groups excluding carboxylic acids is 2. The van der Waals surface area contributed by atoms with Crippen LogP contribution >= 0.6 is 0 Å². The first kappa shape index (κ1) is 18.6. The van der Waals surface area contributed by atoms with Gasteiger partial charge in [-0.05, 0) is 37.1 Å². The van der Waals surface area contributed by atoms with Crippen LogP contribution in [0.3, 0.4) is 0 Å². The second-order valence-electron chi connectivity index (χ2n) is 6.35. The highest BCUT2D eigenvalue weighted by Gasteiger charge is 2.06. The molecule has 2 aromatic heterocycles. The number of unbranched alkanes of at least 4 members (excludes halogenated alkanes) is 2. The molecule has 0 fully saturated rings. The molecule has 0 radical (unpaired) electrons. The van der Waals surface area contributed by atoms with Gasteiger partial charge in [0.05, 0.1) is 22.9 Å². The van der Waals surface area contributed by atoms with E-state index in [2.05, 4.69) is 20.6 Å². The number of benzene rings is 1. The monoisotopic (exact) mass is 365 g/mol. The number of para-hydroxylation sites is 2. The Morgan fingerprint density at radius 1 is 1.04 bits per heavy atom. The van der Waals surface area contributed by atoms with Crippen LogP contribution in [-0.2, 0) is 9.59 Å². The molecule has 1 aromatic carbocycles. The van der Waals surface area contributed by atoms with Gasteiger partial charge in [0.25, 0.3) is 0 Å². The molecule has 0 aliphatic carbocycles. The van der Waals surface area contributed by atoms with E-state index in [9.17, 15) is 9.59 Å². The van der Waals surface area contributed by atoms with Gasteiger partial charge in [-0.1, -0.05) is 18.6 Å². The molecule has 0 spiro atoms. The summed E-state index contributed by atoms with van der Waals surface area (Å²) in [5.74, 6) is 0.698. The van der Waals surface area contributed by atoms with Crippen molar-refractivity contribution < 1.29 is 9.59 Å². The van der Waals surface area contributed by atoms with Crippen LogP contribution in [0.25, 0.3) is 16.9 Å². The predicted molar refractivity (Wildman–Crippen MR) is 105 cm³/mol. The molecule has 27 heavy (non-hydrogen) atoms. The number of nitrogens with zero attached hydrogens (tertiary/aromatic N) is 3. The van der Waals surface area contributed by atoms with Gasteiger partial charge < -0.3 is 10.6 Å². The molecule has 0 saturated heterocycles. The van der Waals surface area contributed by atoms with Crippen molar-refractivity contribution in [3.05, 3.63) is 48.9 Å². The smallest absolute Gasteiger partial charge is 0.224 e. The second-order valence-corrected chi connectivity index (χ2v) is 6.35. The minimum atomic E-state index is -0.0304. The summed E-state index contributed by atoms with van der Waals surface area (Å²) in [7, 11) is 0. The molecule has 0 aliphatic rings. The van der Waals surface area contributed by atoms with Crippen LogP contribution in [0.4, 0.5) is 5.69 Å². The largest absolute Gasteiger partial charge is 0.356 e. The molecule has 0 saturated carbocycles. The molecule has 7 heteroatoms. The average Bonchev–Trinajstić information content (AvgIpc) is 3.09. The summed E-state index contributed by atoms with van der Waals surface area (Å²) >= 11 is 0. The highest BCUT2D eigenvalue weighted by molar-refractivity contribution is 5.90. The van der Waals surface area contributed by atoms with Gasteiger partial charge in [-0.25, -0.2) is 9.97 Å². The number of nitrogens with one attached hydrogen (secondary N) is 2. The maximum atomic E-state index is 12.0. The lowest BCUT2D eigenvalue weighted by atomic mass is 10.2. The molecule has 2 N–H and O–H groups in total. The molecule has 3 aromatic rings. The second kappa shape index (κ2) is 8.93. The SMILES string of the molecule is CC(=O)NCCCCCC(=O)Nc1ccc(-n2cnc3ccccc32)nc1. The fourth-order valence-corrected chi connectivity index (χ4v) is 2.82. The molecule has 3 rings (SSSR count). The van der Waals surface area contributed by atoms with Crippen LogP contribution in [0.15, 0.2) is 48.9 Å². The number of hydrogen-bond donors (Lipinski definition) is 2. The van der Waals surface area contributed by atoms with Gasteiger partial charge >= 0.3 is 0 Å². The first-order chi connectivity index (χ1) is 13.1. The number of fused-ring (bicyclic) bond motifs is 1. The maximum Gasteiger partial charge on any atom is 0.224 e. The first-order valence-electron chi connectivity index (χ1n) is 9.06. The Morgan fingerprint density at radius 2 is 1.89 bits per heavy atom. The summed E-state index contributed by atoms with van der Waals surface area (Å²) < 4.78 is 1.91. The Bertz CT molecular complexity index is 918. The lowest BCUT2D eigenvalue weighted by molar-refractivity contribution is -0.119. The Labute approximate surface area is 157 Å². The number of carbonyl (C=O) groups is 2. The molecule has 0 bridgehead atoms. The number of hydrogen-bond acceptors (Lipinski definition) is 4. The zero-order chi connectivity index (χ0) is 19.1. The summed E-state index contributed by atoms with van der Waals surface area (Å²) in [5.41, 5.74) is 2.57. The van der Waals surface area contributed by atoms with E-state index < -0.39 is 0 Å². The van der Waals surface area contributed by atoms with E-state index in [0.29, 0.717) is 18.7 Å². The predicted octanol–water partition coefficient (Wildman–Crippen LogP) is 3.06. The van der Waals surface area contributed by atoms with Crippen LogP contribution in [-0.4, -0.2) is 32.9 Å². The molecule has 2 heterocycles. The summed E-state index contributed by atoms with van der Waals surface area (Å²) in [4.78, 5) is 31.6. The topological polar surface area (TPSA) is 88.9 Å². The number of pyridine rings is 1. The van der Waals surface area contributed by atoms with E-state index >= 15 is 0 Å². The Kier molecular flexibility index (Phi) is 6.14. The zero-order valence-corrected chi connectivity index (χ0v) is 15.3. The van der Waals surface area contributed by atoms with Crippen molar-refractivity contribution in [2.24, 2.45) is 0 Å². The molecular formula is C20H23N5O2. The number of imidazole rings is 1. The highest BCUT2D eigenvalue weighted by atomic mass is 16.2. The van der Waals surface area contributed by atoms with Crippen molar-refractivity contribution in [1.82, 2.24) is 19.9 Å². The fraction of sp³-hybridized carbons (Fsp3) is 0.300. The Morgan fingerprint density at radius 3 is 2.67 bits per heavy atom. The van der Waals surface area contributed by atoms with Crippen molar-refractivity contribution in [1.29, 1.82) is 0 Å². The molecule has 0 atom stereocenters. The van der Waals surface area contributed by atoms with Crippen molar-refractivity contribution in [2.75, 3.05) is 11.9 Å². The summed E-state index contributed by atoms with van der Waals surface area (Å²) in [6.45, 7) is 2.16. The van der Waals surface area contributed by atoms with Gasteiger partial charge in [0.15, 0.2) is 0 Å². The van der Waals surface area contributed by atoms with Crippen LogP contribution < -0.4 is 10.6 Å². The molecule has 0 unspecified atom stereocenters. The van der Waals surface area contributed by atoms with Gasteiger partial charge in [0, 0.05) is 19.9 Å². The van der Waals surface area contributed by atoms with Gasteiger partial charge in [0.1, 0.15) is 12.1 Å². The van der Waals surface area contributed by atoms with E-state index in [0.717, 1.165) is 36.1 Å². The summed E-state index contributed by atoms with van der Waals surface area (Å²) in [6.07, 6.45) is 6.41. The molecular weight excluding hydrogens is 342 g/mol.